The highest BCUT2D eigenvalue weighted by Crippen LogP contribution is 2.25. The molecule has 21 heavy (non-hydrogen) atoms. The number of hydrogen-bond acceptors (Lipinski definition) is 5. The van der Waals surface area contributed by atoms with Crippen molar-refractivity contribution >= 4 is 17.3 Å². The Bertz CT molecular complexity index is 503. The molecule has 2 N–H and O–H groups in total. The largest absolute Gasteiger partial charge is 0.379 e. The fourth-order valence-electron chi connectivity index (χ4n) is 1.84. The Balaban J connectivity index is 2.80. The Hall–Kier alpha value is -2.15. The number of nitrogens with one attached hydrogen (secondary N) is 2. The maximum absolute atomic E-state index is 11.8. The van der Waals surface area contributed by atoms with Crippen molar-refractivity contribution in [1.82, 2.24) is 10.2 Å². The molecule has 0 spiro atoms. The van der Waals surface area contributed by atoms with E-state index >= 15 is 0 Å². The maximum atomic E-state index is 11.8. The molecule has 1 rings (SSSR count). The van der Waals surface area contributed by atoms with E-state index in [4.69, 9.17) is 0 Å². The SMILES string of the molecule is CCNCCCNc1ccc(C(=O)N(C)C)cc1[N+](=O)[O-]. The van der Waals surface area contributed by atoms with Gasteiger partial charge in [-0.2, -0.15) is 0 Å². The molecule has 0 fully saturated rings. The van der Waals surface area contributed by atoms with Gasteiger partial charge in [-0.15, -0.1) is 0 Å². The summed E-state index contributed by atoms with van der Waals surface area (Å²) in [5.41, 5.74) is 0.669. The molecule has 0 radical (unpaired) electrons. The molecular weight excluding hydrogens is 272 g/mol. The highest BCUT2D eigenvalue weighted by Gasteiger charge is 2.18. The monoisotopic (exact) mass is 294 g/mol. The first-order chi connectivity index (χ1) is 9.97. The van der Waals surface area contributed by atoms with Gasteiger partial charge in [0.25, 0.3) is 11.6 Å². The first-order valence-corrected chi connectivity index (χ1v) is 6.92. The summed E-state index contributed by atoms with van der Waals surface area (Å²) in [4.78, 5) is 23.9. The summed E-state index contributed by atoms with van der Waals surface area (Å²) in [5, 5.41) is 17.4. The van der Waals surface area contributed by atoms with Crippen molar-refractivity contribution in [2.24, 2.45) is 0 Å². The van der Waals surface area contributed by atoms with Gasteiger partial charge in [-0.25, -0.2) is 0 Å². The Labute approximate surface area is 124 Å². The van der Waals surface area contributed by atoms with Crippen LogP contribution in [0.3, 0.4) is 0 Å². The van der Waals surface area contributed by atoms with E-state index in [1.165, 1.54) is 11.0 Å². The van der Waals surface area contributed by atoms with Crippen LogP contribution < -0.4 is 10.6 Å². The quantitative estimate of drug-likeness (QED) is 0.433. The van der Waals surface area contributed by atoms with E-state index in [0.29, 0.717) is 17.8 Å². The van der Waals surface area contributed by atoms with Crippen LogP contribution in [-0.4, -0.2) is 49.5 Å². The number of rotatable bonds is 8. The van der Waals surface area contributed by atoms with E-state index in [9.17, 15) is 14.9 Å². The second kappa shape index (κ2) is 8.21. The molecule has 1 aromatic carbocycles. The molecule has 0 saturated carbocycles. The molecule has 1 aromatic rings. The van der Waals surface area contributed by atoms with Crippen LogP contribution in [0.15, 0.2) is 18.2 Å². The first kappa shape index (κ1) is 16.9. The predicted molar refractivity (Wildman–Crippen MR) is 82.8 cm³/mol. The lowest BCUT2D eigenvalue weighted by Gasteiger charge is -2.12. The van der Waals surface area contributed by atoms with Crippen molar-refractivity contribution in [3.05, 3.63) is 33.9 Å². The molecule has 0 unspecified atom stereocenters. The zero-order chi connectivity index (χ0) is 15.8. The maximum Gasteiger partial charge on any atom is 0.293 e. The molecule has 0 atom stereocenters. The fourth-order valence-corrected chi connectivity index (χ4v) is 1.84. The fraction of sp³-hybridized carbons (Fsp3) is 0.500. The van der Waals surface area contributed by atoms with Gasteiger partial charge in [0.1, 0.15) is 5.69 Å². The van der Waals surface area contributed by atoms with E-state index in [0.717, 1.165) is 19.5 Å². The number of carbonyl (C=O) groups is 1. The molecule has 0 aliphatic carbocycles. The summed E-state index contributed by atoms with van der Waals surface area (Å²) in [6, 6.07) is 4.50. The molecule has 7 nitrogen and oxygen atoms in total. The van der Waals surface area contributed by atoms with E-state index in [1.54, 1.807) is 26.2 Å². The summed E-state index contributed by atoms with van der Waals surface area (Å²) in [6.45, 7) is 4.42. The van der Waals surface area contributed by atoms with Crippen LogP contribution in [0.2, 0.25) is 0 Å². The van der Waals surface area contributed by atoms with Crippen LogP contribution in [0, 0.1) is 10.1 Å². The number of benzene rings is 1. The summed E-state index contributed by atoms with van der Waals surface area (Å²) >= 11 is 0. The third-order valence-corrected chi connectivity index (χ3v) is 2.94. The number of anilines is 1. The van der Waals surface area contributed by atoms with E-state index in [2.05, 4.69) is 10.6 Å². The molecule has 0 bridgehead atoms. The third kappa shape index (κ3) is 5.03. The molecule has 0 aliphatic heterocycles. The summed E-state index contributed by atoms with van der Waals surface area (Å²) in [6.07, 6.45) is 0.864. The molecular formula is C14H22N4O3. The highest BCUT2D eigenvalue weighted by molar-refractivity contribution is 5.95. The topological polar surface area (TPSA) is 87.5 Å². The average molecular weight is 294 g/mol. The van der Waals surface area contributed by atoms with Crippen LogP contribution in [0.4, 0.5) is 11.4 Å². The van der Waals surface area contributed by atoms with Crippen molar-refractivity contribution < 1.29 is 9.72 Å². The third-order valence-electron chi connectivity index (χ3n) is 2.94. The van der Waals surface area contributed by atoms with Crippen LogP contribution in [0.5, 0.6) is 0 Å². The Kier molecular flexibility index (Phi) is 6.61. The minimum atomic E-state index is -0.473. The van der Waals surface area contributed by atoms with Crippen LogP contribution in [-0.2, 0) is 0 Å². The molecule has 116 valence electrons. The van der Waals surface area contributed by atoms with Crippen LogP contribution >= 0.6 is 0 Å². The lowest BCUT2D eigenvalue weighted by Crippen LogP contribution is -2.22. The number of amides is 1. The van der Waals surface area contributed by atoms with Gasteiger partial charge in [-0.1, -0.05) is 6.92 Å². The predicted octanol–water partition coefficient (Wildman–Crippen LogP) is 1.71. The van der Waals surface area contributed by atoms with Gasteiger partial charge in [0.05, 0.1) is 4.92 Å². The molecule has 0 heterocycles. The zero-order valence-corrected chi connectivity index (χ0v) is 12.7. The zero-order valence-electron chi connectivity index (χ0n) is 12.7. The van der Waals surface area contributed by atoms with Crippen molar-refractivity contribution in [3.8, 4) is 0 Å². The van der Waals surface area contributed by atoms with Gasteiger partial charge in [0.15, 0.2) is 0 Å². The molecule has 0 saturated heterocycles. The van der Waals surface area contributed by atoms with Gasteiger partial charge in [-0.3, -0.25) is 14.9 Å². The Morgan fingerprint density at radius 2 is 2.05 bits per heavy atom. The lowest BCUT2D eigenvalue weighted by atomic mass is 10.1. The second-order valence-electron chi connectivity index (χ2n) is 4.82. The summed E-state index contributed by atoms with van der Waals surface area (Å²) in [7, 11) is 3.22. The lowest BCUT2D eigenvalue weighted by molar-refractivity contribution is -0.384. The average Bonchev–Trinajstić information content (AvgIpc) is 2.46. The highest BCUT2D eigenvalue weighted by atomic mass is 16.6. The standard InChI is InChI=1S/C14H22N4O3/c1-4-15-8-5-9-16-12-7-6-11(14(19)17(2)3)10-13(12)18(20)21/h6-7,10,15-16H,4-5,8-9H2,1-3H3. The van der Waals surface area contributed by atoms with E-state index < -0.39 is 4.92 Å². The van der Waals surface area contributed by atoms with E-state index in [1.807, 2.05) is 6.92 Å². The Morgan fingerprint density at radius 3 is 2.62 bits per heavy atom. The van der Waals surface area contributed by atoms with E-state index in [-0.39, 0.29) is 11.6 Å². The summed E-state index contributed by atoms with van der Waals surface area (Å²) < 4.78 is 0. The van der Waals surface area contributed by atoms with Crippen molar-refractivity contribution in [1.29, 1.82) is 0 Å². The minimum Gasteiger partial charge on any atom is -0.379 e. The molecule has 1 amide bonds. The number of hydrogen-bond donors (Lipinski definition) is 2. The van der Waals surface area contributed by atoms with Gasteiger partial charge >= 0.3 is 0 Å². The number of nitro groups is 1. The van der Waals surface area contributed by atoms with Crippen molar-refractivity contribution in [2.75, 3.05) is 39.0 Å². The van der Waals surface area contributed by atoms with Gasteiger partial charge < -0.3 is 15.5 Å². The Morgan fingerprint density at radius 1 is 1.33 bits per heavy atom. The van der Waals surface area contributed by atoms with Gasteiger partial charge in [-0.05, 0) is 31.6 Å². The van der Waals surface area contributed by atoms with Crippen LogP contribution in [0.25, 0.3) is 0 Å². The number of nitro benzene ring substituents is 1. The number of nitrogens with zero attached hydrogens (tertiary/aromatic N) is 2. The first-order valence-electron chi connectivity index (χ1n) is 6.92. The summed E-state index contributed by atoms with van der Waals surface area (Å²) in [5.74, 6) is -0.253. The van der Waals surface area contributed by atoms with Crippen molar-refractivity contribution in [3.63, 3.8) is 0 Å². The molecule has 0 aliphatic rings. The minimum absolute atomic E-state index is 0.0776. The smallest absolute Gasteiger partial charge is 0.293 e. The number of carbonyl (C=O) groups excluding carboxylic acids is 1. The van der Waals surface area contributed by atoms with Crippen molar-refractivity contribution in [2.45, 2.75) is 13.3 Å². The second-order valence-corrected chi connectivity index (χ2v) is 4.82. The molecule has 0 aromatic heterocycles. The van der Waals surface area contributed by atoms with Gasteiger partial charge in [0.2, 0.25) is 0 Å². The van der Waals surface area contributed by atoms with Gasteiger partial charge in [0, 0.05) is 32.3 Å². The van der Waals surface area contributed by atoms with Crippen LogP contribution in [0.1, 0.15) is 23.7 Å². The molecule has 7 heteroatoms. The normalized spacial score (nSPS) is 10.2.